The zero-order valence-corrected chi connectivity index (χ0v) is 26.4. The molecule has 1 aromatic rings. The smallest absolute Gasteiger partial charge is 0.192 e. The molecule has 1 aliphatic heterocycles. The van der Waals surface area contributed by atoms with E-state index in [2.05, 4.69) is 53.1 Å². The summed E-state index contributed by atoms with van der Waals surface area (Å²) in [5.41, 5.74) is 2.01. The van der Waals surface area contributed by atoms with Gasteiger partial charge in [-0.3, -0.25) is 0 Å². The molecule has 220 valence electrons. The first-order valence-electron chi connectivity index (χ1n) is 13.5. The molecule has 0 aliphatic carbocycles. The molecule has 6 atom stereocenters. The Morgan fingerprint density at radius 2 is 1.64 bits per heavy atom. The fourth-order valence-electron chi connectivity index (χ4n) is 4.42. The standard InChI is InChI=1S/C31H50O7Si/c1-12-13-14-25(38-39(10,11)31(3,4)5)19-22(2)20-26-27(28(33-7)29(34-8)30(35-9)37-26)36-21-23-15-17-24(32-6)18-16-23/h12-18,25-30H,1-2,19-21H2,3-11H3/b14-13+/t25-,26-,27-,28+,29-,30-/m1/s1. The van der Waals surface area contributed by atoms with Gasteiger partial charge in [0, 0.05) is 21.3 Å². The largest absolute Gasteiger partial charge is 0.497 e. The predicted molar refractivity (Wildman–Crippen MR) is 159 cm³/mol. The number of hydrogen-bond acceptors (Lipinski definition) is 7. The highest BCUT2D eigenvalue weighted by Crippen LogP contribution is 2.39. The first-order chi connectivity index (χ1) is 18.4. The van der Waals surface area contributed by atoms with Crippen molar-refractivity contribution in [1.82, 2.24) is 0 Å². The minimum Gasteiger partial charge on any atom is -0.497 e. The molecule has 0 amide bonds. The maximum Gasteiger partial charge on any atom is 0.192 e. The maximum atomic E-state index is 6.73. The molecule has 1 heterocycles. The lowest BCUT2D eigenvalue weighted by atomic mass is 9.92. The molecule has 7 nitrogen and oxygen atoms in total. The van der Waals surface area contributed by atoms with Gasteiger partial charge < -0.3 is 32.8 Å². The number of allylic oxidation sites excluding steroid dienone is 2. The van der Waals surface area contributed by atoms with Gasteiger partial charge in [0.05, 0.1) is 25.9 Å². The van der Waals surface area contributed by atoms with Crippen molar-refractivity contribution in [2.75, 3.05) is 28.4 Å². The highest BCUT2D eigenvalue weighted by Gasteiger charge is 2.48. The van der Waals surface area contributed by atoms with Crippen LogP contribution in [-0.4, -0.2) is 73.6 Å². The molecule has 39 heavy (non-hydrogen) atoms. The molecule has 1 saturated heterocycles. The van der Waals surface area contributed by atoms with Gasteiger partial charge in [0.1, 0.15) is 24.1 Å². The van der Waals surface area contributed by atoms with Crippen LogP contribution in [-0.2, 0) is 34.7 Å². The van der Waals surface area contributed by atoms with Crippen LogP contribution >= 0.6 is 0 Å². The Balaban J connectivity index is 2.24. The van der Waals surface area contributed by atoms with Crippen LogP contribution in [0.1, 0.15) is 39.2 Å². The molecular formula is C31H50O7Si. The van der Waals surface area contributed by atoms with Crippen LogP contribution in [0.15, 0.2) is 61.2 Å². The second-order valence-electron chi connectivity index (χ2n) is 11.5. The Labute approximate surface area is 237 Å². The minimum absolute atomic E-state index is 0.0913. The van der Waals surface area contributed by atoms with Gasteiger partial charge in [0.2, 0.25) is 0 Å². The molecule has 8 heteroatoms. The van der Waals surface area contributed by atoms with Gasteiger partial charge >= 0.3 is 0 Å². The van der Waals surface area contributed by atoms with Crippen LogP contribution < -0.4 is 4.74 Å². The van der Waals surface area contributed by atoms with Crippen LogP contribution in [0, 0.1) is 0 Å². The molecule has 0 unspecified atom stereocenters. The van der Waals surface area contributed by atoms with Crippen LogP contribution in [0.3, 0.4) is 0 Å². The molecule has 0 aromatic heterocycles. The summed E-state index contributed by atoms with van der Waals surface area (Å²) in [6.45, 7) is 19.9. The van der Waals surface area contributed by atoms with Gasteiger partial charge in [0.25, 0.3) is 0 Å². The first kappa shape index (κ1) is 33.4. The SMILES string of the molecule is C=C/C=C/[C@H](CC(=C)C[C@H]1O[C@@H](OC)[C@H](OC)[C@@H](OC)[C@@H]1OCc1ccc(OC)cc1)O[Si](C)(C)C(C)(C)C. The molecule has 1 fully saturated rings. The highest BCUT2D eigenvalue weighted by atomic mass is 28.4. The van der Waals surface area contributed by atoms with Crippen molar-refractivity contribution < 1.29 is 32.8 Å². The molecule has 0 radical (unpaired) electrons. The quantitative estimate of drug-likeness (QED) is 0.138. The summed E-state index contributed by atoms with van der Waals surface area (Å²) in [5, 5.41) is 0.0913. The molecule has 0 saturated carbocycles. The third-order valence-corrected chi connectivity index (χ3v) is 12.2. The van der Waals surface area contributed by atoms with E-state index in [1.807, 2.05) is 30.3 Å². The Bertz CT molecular complexity index is 922. The van der Waals surface area contributed by atoms with E-state index in [1.54, 1.807) is 34.5 Å². The Hall–Kier alpha value is -1.78. The lowest BCUT2D eigenvalue weighted by Crippen LogP contribution is -2.60. The number of rotatable bonds is 15. The average molecular weight is 563 g/mol. The molecule has 1 aromatic carbocycles. The summed E-state index contributed by atoms with van der Waals surface area (Å²) >= 11 is 0. The summed E-state index contributed by atoms with van der Waals surface area (Å²) in [5.74, 6) is 0.797. The van der Waals surface area contributed by atoms with E-state index in [9.17, 15) is 0 Å². The van der Waals surface area contributed by atoms with Crippen LogP contribution in [0.5, 0.6) is 5.75 Å². The van der Waals surface area contributed by atoms with Crippen molar-refractivity contribution in [3.63, 3.8) is 0 Å². The van der Waals surface area contributed by atoms with Crippen molar-refractivity contribution in [1.29, 1.82) is 0 Å². The van der Waals surface area contributed by atoms with Crippen LogP contribution in [0.4, 0.5) is 0 Å². The molecular weight excluding hydrogens is 512 g/mol. The first-order valence-corrected chi connectivity index (χ1v) is 16.4. The summed E-state index contributed by atoms with van der Waals surface area (Å²) in [7, 11) is 4.54. The van der Waals surface area contributed by atoms with Crippen molar-refractivity contribution in [3.05, 3.63) is 66.8 Å². The zero-order valence-electron chi connectivity index (χ0n) is 25.4. The van der Waals surface area contributed by atoms with Crippen molar-refractivity contribution >= 4 is 8.32 Å². The van der Waals surface area contributed by atoms with E-state index >= 15 is 0 Å². The van der Waals surface area contributed by atoms with Crippen molar-refractivity contribution in [2.24, 2.45) is 0 Å². The topological polar surface area (TPSA) is 64.6 Å². The average Bonchev–Trinajstić information content (AvgIpc) is 2.89. The fraction of sp³-hybridized carbons (Fsp3) is 0.613. The van der Waals surface area contributed by atoms with Crippen molar-refractivity contribution in [3.8, 4) is 5.75 Å². The normalized spacial score (nSPS) is 25.0. The third-order valence-electron chi connectivity index (χ3n) is 7.66. The zero-order chi connectivity index (χ0) is 29.2. The van der Waals surface area contributed by atoms with E-state index in [1.165, 1.54) is 0 Å². The van der Waals surface area contributed by atoms with E-state index < -0.39 is 32.9 Å². The third kappa shape index (κ3) is 9.39. The van der Waals surface area contributed by atoms with Gasteiger partial charge in [-0.05, 0) is 48.7 Å². The summed E-state index contributed by atoms with van der Waals surface area (Å²) in [6.07, 6.45) is 4.68. The lowest BCUT2D eigenvalue weighted by molar-refractivity contribution is -0.306. The Morgan fingerprint density at radius 3 is 2.15 bits per heavy atom. The summed E-state index contributed by atoms with van der Waals surface area (Å²) < 4.78 is 42.2. The Kier molecular flexibility index (Phi) is 13.1. The predicted octanol–water partition coefficient (Wildman–Crippen LogP) is 6.45. The summed E-state index contributed by atoms with van der Waals surface area (Å²) in [6, 6.07) is 7.81. The second kappa shape index (κ2) is 15.3. The summed E-state index contributed by atoms with van der Waals surface area (Å²) in [4.78, 5) is 0. The van der Waals surface area contributed by atoms with E-state index in [-0.39, 0.29) is 17.2 Å². The molecule has 0 N–H and O–H groups in total. The van der Waals surface area contributed by atoms with E-state index in [0.717, 1.165) is 16.9 Å². The number of hydrogen-bond donors (Lipinski definition) is 0. The Morgan fingerprint density at radius 1 is 1.00 bits per heavy atom. The monoisotopic (exact) mass is 562 g/mol. The van der Waals surface area contributed by atoms with Gasteiger partial charge in [-0.2, -0.15) is 0 Å². The number of methoxy groups -OCH3 is 4. The number of benzene rings is 1. The van der Waals surface area contributed by atoms with Crippen LogP contribution in [0.2, 0.25) is 18.1 Å². The lowest BCUT2D eigenvalue weighted by Gasteiger charge is -2.45. The van der Waals surface area contributed by atoms with Gasteiger partial charge in [0.15, 0.2) is 14.6 Å². The van der Waals surface area contributed by atoms with Gasteiger partial charge in [-0.25, -0.2) is 0 Å². The maximum absolute atomic E-state index is 6.73. The van der Waals surface area contributed by atoms with Gasteiger partial charge in [-0.15, -0.1) is 0 Å². The molecule has 1 aliphatic rings. The molecule has 0 bridgehead atoms. The van der Waals surface area contributed by atoms with E-state index in [0.29, 0.717) is 19.4 Å². The van der Waals surface area contributed by atoms with Crippen molar-refractivity contribution in [2.45, 2.75) is 95.2 Å². The van der Waals surface area contributed by atoms with Gasteiger partial charge in [-0.1, -0.05) is 69.9 Å². The number of ether oxygens (including phenoxy) is 6. The minimum atomic E-state index is -2.00. The molecule has 2 rings (SSSR count). The molecule has 0 spiro atoms. The fourth-order valence-corrected chi connectivity index (χ4v) is 5.70. The highest BCUT2D eigenvalue weighted by molar-refractivity contribution is 6.74. The van der Waals surface area contributed by atoms with E-state index in [4.69, 9.17) is 32.8 Å². The second-order valence-corrected chi connectivity index (χ2v) is 16.3. The van der Waals surface area contributed by atoms with Crippen LogP contribution in [0.25, 0.3) is 0 Å².